The van der Waals surface area contributed by atoms with Crippen molar-refractivity contribution < 1.29 is 9.59 Å². The van der Waals surface area contributed by atoms with E-state index < -0.39 is 0 Å². The number of alkyl halides is 1. The van der Waals surface area contributed by atoms with Crippen LogP contribution in [0.1, 0.15) is 72.1 Å². The first-order valence-corrected chi connectivity index (χ1v) is 10.8. The quantitative estimate of drug-likeness (QED) is 0.295. The van der Waals surface area contributed by atoms with E-state index in [2.05, 4.69) is 56.0 Å². The number of hydrogen-bond donors (Lipinski definition) is 0. The Labute approximate surface area is 165 Å². The maximum Gasteiger partial charge on any atom is 0.155 e. The molecule has 4 rings (SSSR count). The highest BCUT2D eigenvalue weighted by Crippen LogP contribution is 2.79. The van der Waals surface area contributed by atoms with E-state index in [1.54, 1.807) is 0 Å². The zero-order chi connectivity index (χ0) is 18.3. The van der Waals surface area contributed by atoms with Crippen molar-refractivity contribution in [3.05, 3.63) is 24.3 Å². The first-order valence-electron chi connectivity index (χ1n) is 9.70. The molecular weight excluding hydrogens is 423 g/mol. The lowest BCUT2D eigenvalue weighted by Gasteiger charge is -2.71. The first kappa shape index (κ1) is 17.9. The lowest BCUT2D eigenvalue weighted by atomic mass is 9.36. The van der Waals surface area contributed by atoms with Crippen LogP contribution < -0.4 is 0 Å². The van der Waals surface area contributed by atoms with Crippen molar-refractivity contribution in [1.82, 2.24) is 0 Å². The third-order valence-electron chi connectivity index (χ3n) is 9.27. The molecule has 5 atom stereocenters. The second kappa shape index (κ2) is 5.08. The average molecular weight is 452 g/mol. The molecule has 4 aliphatic carbocycles. The summed E-state index contributed by atoms with van der Waals surface area (Å²) in [5.41, 5.74) is 1.12. The molecule has 0 aromatic heterocycles. The van der Waals surface area contributed by atoms with Gasteiger partial charge in [-0.2, -0.15) is 0 Å². The van der Waals surface area contributed by atoms with Gasteiger partial charge in [-0.15, -0.1) is 6.58 Å². The molecule has 0 unspecified atom stereocenters. The van der Waals surface area contributed by atoms with E-state index >= 15 is 0 Å². The standard InChI is InChI=1S/C22H29IO2/c1-5-21-10-8-17(25)19(21,3)12-13-20(4)18(2)9-7-16(24)14-15(18)6-11-22(20,21)23/h5,14H,1,6-13H2,2-4H3/t18-,19+,20+,21+,22-/m0/s1. The number of hydrogen-bond acceptors (Lipinski definition) is 2. The normalized spacial score (nSPS) is 52.1. The van der Waals surface area contributed by atoms with E-state index in [4.69, 9.17) is 0 Å². The molecular formula is C22H29IO2. The van der Waals surface area contributed by atoms with Gasteiger partial charge in [-0.3, -0.25) is 9.59 Å². The van der Waals surface area contributed by atoms with Crippen LogP contribution in [0.25, 0.3) is 0 Å². The SMILES string of the molecule is C=C[C@@]12CCC(=O)[C@@]1(C)CC[C@@]1(C)[C@@]2(I)CCC2=CC(=O)CC[C@@]21C. The molecule has 0 aromatic rings. The van der Waals surface area contributed by atoms with E-state index in [1.807, 2.05) is 6.08 Å². The minimum Gasteiger partial charge on any atom is -0.299 e. The number of halogens is 1. The van der Waals surface area contributed by atoms with E-state index in [0.29, 0.717) is 24.4 Å². The van der Waals surface area contributed by atoms with Crippen molar-refractivity contribution in [1.29, 1.82) is 0 Å². The summed E-state index contributed by atoms with van der Waals surface area (Å²) in [4.78, 5) is 25.0. The lowest BCUT2D eigenvalue weighted by molar-refractivity contribution is -0.145. The van der Waals surface area contributed by atoms with E-state index in [-0.39, 0.29) is 25.1 Å². The summed E-state index contributed by atoms with van der Waals surface area (Å²) in [6.07, 6.45) is 11.4. The number of rotatable bonds is 1. The van der Waals surface area contributed by atoms with Gasteiger partial charge in [0, 0.05) is 27.1 Å². The molecule has 0 heterocycles. The van der Waals surface area contributed by atoms with Gasteiger partial charge >= 0.3 is 0 Å². The maximum absolute atomic E-state index is 12.9. The molecule has 0 aliphatic heterocycles. The van der Waals surface area contributed by atoms with Gasteiger partial charge in [-0.25, -0.2) is 0 Å². The molecule has 0 radical (unpaired) electrons. The summed E-state index contributed by atoms with van der Waals surface area (Å²) >= 11 is 2.74. The van der Waals surface area contributed by atoms with Crippen LogP contribution in [-0.2, 0) is 9.59 Å². The number of ketones is 2. The Morgan fingerprint density at radius 3 is 2.36 bits per heavy atom. The molecule has 136 valence electrons. The van der Waals surface area contributed by atoms with Gasteiger partial charge < -0.3 is 0 Å². The van der Waals surface area contributed by atoms with E-state index in [0.717, 1.165) is 38.5 Å². The Kier molecular flexibility index (Phi) is 3.65. The predicted octanol–water partition coefficient (Wildman–Crippen LogP) is 5.59. The highest BCUT2D eigenvalue weighted by atomic mass is 127. The topological polar surface area (TPSA) is 34.1 Å². The number of Topliss-reactive ketones (excluding diaryl/α,β-unsaturated/α-hetero) is 1. The number of carbonyl (C=O) groups excluding carboxylic acids is 2. The van der Waals surface area contributed by atoms with Crippen LogP contribution in [0, 0.1) is 21.7 Å². The molecule has 0 bridgehead atoms. The molecule has 0 aromatic carbocycles. The van der Waals surface area contributed by atoms with Crippen molar-refractivity contribution in [3.8, 4) is 0 Å². The van der Waals surface area contributed by atoms with Crippen molar-refractivity contribution in [2.45, 2.75) is 75.6 Å². The fourth-order valence-corrected chi connectivity index (χ4v) is 9.47. The molecule has 0 saturated heterocycles. The Morgan fingerprint density at radius 1 is 0.960 bits per heavy atom. The molecule has 0 amide bonds. The summed E-state index contributed by atoms with van der Waals surface area (Å²) in [7, 11) is 0. The molecule has 2 nitrogen and oxygen atoms in total. The molecule has 0 spiro atoms. The van der Waals surface area contributed by atoms with Crippen LogP contribution in [0.4, 0.5) is 0 Å². The first-order chi connectivity index (χ1) is 11.6. The summed E-state index contributed by atoms with van der Waals surface area (Å²) in [5, 5.41) is 0. The van der Waals surface area contributed by atoms with Crippen LogP contribution in [-0.4, -0.2) is 15.0 Å². The molecule has 25 heavy (non-hydrogen) atoms. The van der Waals surface area contributed by atoms with Crippen LogP contribution in [0.3, 0.4) is 0 Å². The third-order valence-corrected chi connectivity index (χ3v) is 12.0. The van der Waals surface area contributed by atoms with Crippen molar-refractivity contribution in [2.75, 3.05) is 0 Å². The maximum atomic E-state index is 12.9. The van der Waals surface area contributed by atoms with Crippen molar-refractivity contribution in [3.63, 3.8) is 0 Å². The molecule has 3 fully saturated rings. The van der Waals surface area contributed by atoms with Crippen LogP contribution in [0.15, 0.2) is 24.3 Å². The third kappa shape index (κ3) is 1.73. The Bertz CT molecular complexity index is 724. The number of carbonyl (C=O) groups is 2. The smallest absolute Gasteiger partial charge is 0.155 e. The second-order valence-electron chi connectivity index (χ2n) is 9.53. The zero-order valence-electron chi connectivity index (χ0n) is 15.7. The fourth-order valence-electron chi connectivity index (χ4n) is 7.25. The monoisotopic (exact) mass is 452 g/mol. The zero-order valence-corrected chi connectivity index (χ0v) is 17.9. The summed E-state index contributed by atoms with van der Waals surface area (Å²) < 4.78 is 0.0190. The molecule has 3 heteroatoms. The lowest BCUT2D eigenvalue weighted by Crippen LogP contribution is -2.69. The largest absolute Gasteiger partial charge is 0.299 e. The van der Waals surface area contributed by atoms with Gasteiger partial charge in [0.05, 0.1) is 0 Å². The number of allylic oxidation sites excluding steroid dienone is 2. The van der Waals surface area contributed by atoms with Gasteiger partial charge in [-0.1, -0.05) is 55.0 Å². The molecule has 4 aliphatic rings. The molecule has 0 N–H and O–H groups in total. The number of fused-ring (bicyclic) bond motifs is 5. The van der Waals surface area contributed by atoms with Gasteiger partial charge in [-0.05, 0) is 55.4 Å². The van der Waals surface area contributed by atoms with E-state index in [1.165, 1.54) is 5.57 Å². The minimum atomic E-state index is -0.266. The Morgan fingerprint density at radius 2 is 1.68 bits per heavy atom. The Hall–Kier alpha value is -0.450. The molecule has 3 saturated carbocycles. The summed E-state index contributed by atoms with van der Waals surface area (Å²) in [6, 6.07) is 0. The van der Waals surface area contributed by atoms with Crippen LogP contribution in [0.2, 0.25) is 0 Å². The van der Waals surface area contributed by atoms with Gasteiger partial charge in [0.2, 0.25) is 0 Å². The minimum absolute atomic E-state index is 0.0190. The summed E-state index contributed by atoms with van der Waals surface area (Å²) in [6.45, 7) is 11.3. The van der Waals surface area contributed by atoms with Crippen molar-refractivity contribution in [2.24, 2.45) is 21.7 Å². The average Bonchev–Trinajstić information content (AvgIpc) is 2.85. The second-order valence-corrected chi connectivity index (χ2v) is 11.4. The van der Waals surface area contributed by atoms with Crippen molar-refractivity contribution >= 4 is 34.2 Å². The predicted molar refractivity (Wildman–Crippen MR) is 109 cm³/mol. The summed E-state index contributed by atoms with van der Waals surface area (Å²) in [5.74, 6) is 0.739. The van der Waals surface area contributed by atoms with Gasteiger partial charge in [0.1, 0.15) is 5.78 Å². The highest BCUT2D eigenvalue weighted by Gasteiger charge is 2.76. The fraction of sp³-hybridized carbons (Fsp3) is 0.727. The van der Waals surface area contributed by atoms with E-state index in [9.17, 15) is 9.59 Å². The van der Waals surface area contributed by atoms with Crippen LogP contribution in [0.5, 0.6) is 0 Å². The highest BCUT2D eigenvalue weighted by molar-refractivity contribution is 14.1. The van der Waals surface area contributed by atoms with Crippen LogP contribution >= 0.6 is 22.6 Å². The van der Waals surface area contributed by atoms with Gasteiger partial charge in [0.15, 0.2) is 5.78 Å². The Balaban J connectivity index is 1.94. The van der Waals surface area contributed by atoms with Gasteiger partial charge in [0.25, 0.3) is 0 Å².